The molecule has 2 heterocycles. The molecule has 1 aliphatic rings. The minimum atomic E-state index is 0.325. The second-order valence-corrected chi connectivity index (χ2v) is 5.86. The molecule has 21 heavy (non-hydrogen) atoms. The van der Waals surface area contributed by atoms with Gasteiger partial charge in [0.25, 0.3) is 0 Å². The van der Waals surface area contributed by atoms with E-state index < -0.39 is 0 Å². The van der Waals surface area contributed by atoms with Gasteiger partial charge in [0, 0.05) is 25.6 Å². The minimum absolute atomic E-state index is 0.325. The van der Waals surface area contributed by atoms with Crippen LogP contribution in [0.5, 0.6) is 0 Å². The molecule has 0 fully saturated rings. The highest BCUT2D eigenvalue weighted by atomic mass is 15.2. The Morgan fingerprint density at radius 1 is 1.24 bits per heavy atom. The molecule has 3 rings (SSSR count). The average Bonchev–Trinajstić information content (AvgIpc) is 2.53. The number of fused-ring (bicyclic) bond motifs is 1. The molecular weight excluding hydrogens is 260 g/mol. The van der Waals surface area contributed by atoms with Gasteiger partial charge in [0.1, 0.15) is 5.82 Å². The number of hydrogen-bond acceptors (Lipinski definition) is 4. The number of hydrogen-bond donors (Lipinski definition) is 1. The van der Waals surface area contributed by atoms with E-state index in [1.807, 2.05) is 6.20 Å². The Balaban J connectivity index is 1.91. The fraction of sp³-hybridized carbons (Fsp3) is 0.412. The van der Waals surface area contributed by atoms with Crippen molar-refractivity contribution in [2.45, 2.75) is 39.3 Å². The van der Waals surface area contributed by atoms with Crippen LogP contribution in [0.1, 0.15) is 42.4 Å². The molecule has 0 aliphatic carbocycles. The summed E-state index contributed by atoms with van der Waals surface area (Å²) < 4.78 is 0. The van der Waals surface area contributed by atoms with Crippen molar-refractivity contribution in [3.05, 3.63) is 53.1 Å². The molecule has 0 atom stereocenters. The third kappa shape index (κ3) is 2.76. The van der Waals surface area contributed by atoms with Crippen LogP contribution < -0.4 is 10.6 Å². The zero-order valence-corrected chi connectivity index (χ0v) is 12.7. The van der Waals surface area contributed by atoms with Gasteiger partial charge in [0.15, 0.2) is 0 Å². The normalized spacial score (nSPS) is 14.4. The number of anilines is 1. The number of aromatic nitrogens is 2. The zero-order valence-electron chi connectivity index (χ0n) is 12.7. The summed E-state index contributed by atoms with van der Waals surface area (Å²) in [5, 5.41) is 0. The summed E-state index contributed by atoms with van der Waals surface area (Å²) in [7, 11) is 0. The van der Waals surface area contributed by atoms with Crippen LogP contribution in [0.2, 0.25) is 0 Å². The lowest BCUT2D eigenvalue weighted by atomic mass is 9.99. The topological polar surface area (TPSA) is 55.0 Å². The molecule has 0 unspecified atom stereocenters. The van der Waals surface area contributed by atoms with Crippen LogP contribution in [0.4, 0.5) is 5.69 Å². The summed E-state index contributed by atoms with van der Waals surface area (Å²) in [6, 6.07) is 8.63. The minimum Gasteiger partial charge on any atom is -0.364 e. The van der Waals surface area contributed by atoms with E-state index in [0.717, 1.165) is 36.7 Å². The Morgan fingerprint density at radius 2 is 2.00 bits per heavy atom. The molecule has 0 saturated carbocycles. The van der Waals surface area contributed by atoms with E-state index in [2.05, 4.69) is 53.0 Å². The average molecular weight is 282 g/mol. The van der Waals surface area contributed by atoms with Crippen LogP contribution >= 0.6 is 0 Å². The molecule has 4 nitrogen and oxygen atoms in total. The monoisotopic (exact) mass is 282 g/mol. The van der Waals surface area contributed by atoms with E-state index in [1.54, 1.807) is 0 Å². The highest BCUT2D eigenvalue weighted by molar-refractivity contribution is 5.52. The predicted molar refractivity (Wildman–Crippen MR) is 85.2 cm³/mol. The molecular formula is C17H22N4. The van der Waals surface area contributed by atoms with Crippen molar-refractivity contribution in [3.63, 3.8) is 0 Å². The van der Waals surface area contributed by atoms with Gasteiger partial charge in [-0.2, -0.15) is 0 Å². The Labute approximate surface area is 126 Å². The molecule has 110 valence electrons. The van der Waals surface area contributed by atoms with E-state index in [-0.39, 0.29) is 0 Å². The lowest BCUT2D eigenvalue weighted by molar-refractivity contribution is 0.704. The van der Waals surface area contributed by atoms with Gasteiger partial charge in [-0.3, -0.25) is 0 Å². The smallest absolute Gasteiger partial charge is 0.131 e. The van der Waals surface area contributed by atoms with Gasteiger partial charge in [-0.05, 0) is 17.5 Å². The van der Waals surface area contributed by atoms with Gasteiger partial charge in [0.05, 0.1) is 17.6 Å². The van der Waals surface area contributed by atoms with E-state index in [0.29, 0.717) is 12.5 Å². The van der Waals surface area contributed by atoms with Gasteiger partial charge in [-0.15, -0.1) is 0 Å². The van der Waals surface area contributed by atoms with Crippen molar-refractivity contribution in [2.24, 2.45) is 5.73 Å². The first-order chi connectivity index (χ1) is 10.2. The maximum Gasteiger partial charge on any atom is 0.131 e. The molecule has 0 radical (unpaired) electrons. The first-order valence-corrected chi connectivity index (χ1v) is 7.56. The van der Waals surface area contributed by atoms with E-state index in [1.165, 1.54) is 11.1 Å². The summed E-state index contributed by atoms with van der Waals surface area (Å²) >= 11 is 0. The maximum absolute atomic E-state index is 5.90. The Bertz CT molecular complexity index is 636. The van der Waals surface area contributed by atoms with Crippen LogP contribution in [0.3, 0.4) is 0 Å². The largest absolute Gasteiger partial charge is 0.364 e. The van der Waals surface area contributed by atoms with Crippen molar-refractivity contribution >= 4 is 5.69 Å². The standard InChI is InChI=1S/C17H22N4/c1-12(2)17-19-10-16(15(9-18)20-17)21-8-7-13-5-3-4-6-14(13)11-21/h3-6,10,12H,7-9,11,18H2,1-2H3. The third-order valence-corrected chi connectivity index (χ3v) is 4.05. The highest BCUT2D eigenvalue weighted by Crippen LogP contribution is 2.26. The van der Waals surface area contributed by atoms with E-state index in [4.69, 9.17) is 5.73 Å². The van der Waals surface area contributed by atoms with Crippen LogP contribution in [0.25, 0.3) is 0 Å². The van der Waals surface area contributed by atoms with Crippen LogP contribution in [-0.4, -0.2) is 16.5 Å². The predicted octanol–water partition coefficient (Wildman–Crippen LogP) is 2.62. The fourth-order valence-electron chi connectivity index (χ4n) is 2.82. The third-order valence-electron chi connectivity index (χ3n) is 4.05. The van der Waals surface area contributed by atoms with Gasteiger partial charge < -0.3 is 10.6 Å². The summed E-state index contributed by atoms with van der Waals surface area (Å²) in [5.74, 6) is 1.20. The quantitative estimate of drug-likeness (QED) is 0.940. The van der Waals surface area contributed by atoms with Gasteiger partial charge in [0.2, 0.25) is 0 Å². The van der Waals surface area contributed by atoms with Crippen LogP contribution in [-0.2, 0) is 19.5 Å². The first-order valence-electron chi connectivity index (χ1n) is 7.56. The molecule has 2 aromatic rings. The molecule has 4 heteroatoms. The van der Waals surface area contributed by atoms with Crippen LogP contribution in [0, 0.1) is 0 Å². The molecule has 0 amide bonds. The number of benzene rings is 1. The maximum atomic E-state index is 5.90. The van der Waals surface area contributed by atoms with E-state index >= 15 is 0 Å². The lowest BCUT2D eigenvalue weighted by Gasteiger charge is -2.31. The molecule has 0 saturated heterocycles. The van der Waals surface area contributed by atoms with Gasteiger partial charge in [-0.1, -0.05) is 38.1 Å². The molecule has 0 spiro atoms. The Hall–Kier alpha value is -1.94. The summed E-state index contributed by atoms with van der Waals surface area (Å²) in [6.45, 7) is 6.57. The Kier molecular flexibility index (Phi) is 3.88. The molecule has 2 N–H and O–H groups in total. The fourth-order valence-corrected chi connectivity index (χ4v) is 2.82. The van der Waals surface area contributed by atoms with Crippen LogP contribution in [0.15, 0.2) is 30.5 Å². The second-order valence-electron chi connectivity index (χ2n) is 5.86. The summed E-state index contributed by atoms with van der Waals surface area (Å²) in [4.78, 5) is 11.5. The number of nitrogens with zero attached hydrogens (tertiary/aromatic N) is 3. The number of nitrogens with two attached hydrogens (primary N) is 1. The Morgan fingerprint density at radius 3 is 2.71 bits per heavy atom. The zero-order chi connectivity index (χ0) is 14.8. The molecule has 1 aliphatic heterocycles. The van der Waals surface area contributed by atoms with Crippen molar-refractivity contribution in [1.29, 1.82) is 0 Å². The van der Waals surface area contributed by atoms with Crippen molar-refractivity contribution in [1.82, 2.24) is 9.97 Å². The highest BCUT2D eigenvalue weighted by Gasteiger charge is 2.19. The lowest BCUT2D eigenvalue weighted by Crippen LogP contribution is -2.32. The SMILES string of the molecule is CC(C)c1ncc(N2CCc3ccccc3C2)c(CN)n1. The summed E-state index contributed by atoms with van der Waals surface area (Å²) in [6.07, 6.45) is 3.00. The van der Waals surface area contributed by atoms with Crippen molar-refractivity contribution in [3.8, 4) is 0 Å². The first kappa shape index (κ1) is 14.0. The molecule has 0 bridgehead atoms. The van der Waals surface area contributed by atoms with Gasteiger partial charge in [-0.25, -0.2) is 9.97 Å². The second kappa shape index (κ2) is 5.82. The van der Waals surface area contributed by atoms with Crippen molar-refractivity contribution < 1.29 is 0 Å². The number of rotatable bonds is 3. The van der Waals surface area contributed by atoms with E-state index in [9.17, 15) is 0 Å². The summed E-state index contributed by atoms with van der Waals surface area (Å²) in [5.41, 5.74) is 10.8. The van der Waals surface area contributed by atoms with Crippen molar-refractivity contribution in [2.75, 3.05) is 11.4 Å². The molecule has 1 aromatic carbocycles. The molecule has 1 aromatic heterocycles. The van der Waals surface area contributed by atoms with Gasteiger partial charge >= 0.3 is 0 Å².